The minimum absolute atomic E-state index is 0.0384. The standard InChI is InChI=1S/C21H18F3N3O.C21H17F3N2O2/c22-16-6-2-1-5-15(16)21(28)27-9-3-4-14(12-27)20-25-11-19(26-20)13-7-8-17(23)18(24)10-13;22-16-6-2-1-5-15(16)21(27)26-9-3-4-14(12-26)19-11-20(28-25-19)13-7-8-17(23)18(24)10-13/h1-2,5-8,10-11,14H,3-4,9,12H2,(H,25,26);1-2,5-8,10-11,14H,3-4,9,12H2. The number of halogens is 6. The van der Waals surface area contributed by atoms with Crippen LogP contribution in [0.3, 0.4) is 0 Å². The van der Waals surface area contributed by atoms with Crippen molar-refractivity contribution in [3.63, 3.8) is 0 Å². The molecule has 288 valence electrons. The van der Waals surface area contributed by atoms with Gasteiger partial charge in [0.1, 0.15) is 17.5 Å². The molecule has 0 bridgehead atoms. The zero-order chi connectivity index (χ0) is 39.3. The van der Waals surface area contributed by atoms with Crippen LogP contribution in [0.4, 0.5) is 26.3 Å². The lowest BCUT2D eigenvalue weighted by molar-refractivity contribution is 0.0692. The van der Waals surface area contributed by atoms with Crippen LogP contribution in [0.25, 0.3) is 22.6 Å². The Balaban J connectivity index is 0.000000172. The molecule has 2 aromatic heterocycles. The highest BCUT2D eigenvalue weighted by Gasteiger charge is 2.30. The maximum absolute atomic E-state index is 13.9. The van der Waals surface area contributed by atoms with Crippen molar-refractivity contribution < 1.29 is 40.5 Å². The van der Waals surface area contributed by atoms with Crippen LogP contribution >= 0.6 is 0 Å². The number of likely N-dealkylation sites (tertiary alicyclic amines) is 2. The van der Waals surface area contributed by atoms with E-state index in [1.54, 1.807) is 46.3 Å². The molecule has 2 unspecified atom stereocenters. The minimum atomic E-state index is -0.963. The summed E-state index contributed by atoms with van der Waals surface area (Å²) in [6.45, 7) is 1.90. The van der Waals surface area contributed by atoms with E-state index in [0.717, 1.165) is 49.9 Å². The van der Waals surface area contributed by atoms with E-state index < -0.39 is 34.9 Å². The van der Waals surface area contributed by atoms with Crippen LogP contribution in [0, 0.1) is 34.9 Å². The predicted molar refractivity (Wildman–Crippen MR) is 194 cm³/mol. The van der Waals surface area contributed by atoms with E-state index in [1.807, 2.05) is 0 Å². The van der Waals surface area contributed by atoms with Gasteiger partial charge in [0.2, 0.25) is 0 Å². The molecule has 0 radical (unpaired) electrons. The van der Waals surface area contributed by atoms with Gasteiger partial charge < -0.3 is 19.3 Å². The smallest absolute Gasteiger partial charge is 0.256 e. The molecule has 0 saturated carbocycles. The van der Waals surface area contributed by atoms with Crippen molar-refractivity contribution in [1.29, 1.82) is 0 Å². The third-order valence-electron chi connectivity index (χ3n) is 9.99. The Morgan fingerprint density at radius 2 is 1.16 bits per heavy atom. The number of imidazole rings is 1. The molecule has 2 fully saturated rings. The molecule has 4 aromatic carbocycles. The zero-order valence-electron chi connectivity index (χ0n) is 29.8. The SMILES string of the molecule is O=C(c1ccccc1F)N1CCCC(c2cc(-c3ccc(F)c(F)c3)on2)C1.O=C(c1ccccc1F)N1CCCC(c2ncc(-c3ccc(F)c(F)c3)[nH]2)C1. The van der Waals surface area contributed by atoms with Gasteiger partial charge in [0.25, 0.3) is 11.8 Å². The molecule has 8 rings (SSSR count). The third kappa shape index (κ3) is 8.38. The average molecular weight is 772 g/mol. The molecule has 2 amide bonds. The molecule has 1 N–H and O–H groups in total. The summed E-state index contributed by atoms with van der Waals surface area (Å²) in [4.78, 5) is 36.1. The van der Waals surface area contributed by atoms with Crippen LogP contribution in [0.2, 0.25) is 0 Å². The van der Waals surface area contributed by atoms with Gasteiger partial charge in [-0.15, -0.1) is 0 Å². The van der Waals surface area contributed by atoms with Crippen molar-refractivity contribution in [2.75, 3.05) is 26.2 Å². The molecule has 14 heteroatoms. The van der Waals surface area contributed by atoms with Gasteiger partial charge in [0.05, 0.1) is 28.7 Å². The van der Waals surface area contributed by atoms with Crippen LogP contribution in [0.15, 0.2) is 102 Å². The highest BCUT2D eigenvalue weighted by molar-refractivity contribution is 5.95. The lowest BCUT2D eigenvalue weighted by atomic mass is 9.93. The van der Waals surface area contributed by atoms with Gasteiger partial charge in [0, 0.05) is 55.2 Å². The van der Waals surface area contributed by atoms with E-state index in [1.165, 1.54) is 36.4 Å². The number of aromatic nitrogens is 3. The number of carbonyl (C=O) groups excluding carboxylic acids is 2. The summed E-state index contributed by atoms with van der Waals surface area (Å²) in [5, 5.41) is 4.05. The number of benzene rings is 4. The summed E-state index contributed by atoms with van der Waals surface area (Å²) < 4.78 is 86.3. The highest BCUT2D eigenvalue weighted by Crippen LogP contribution is 2.32. The molecule has 56 heavy (non-hydrogen) atoms. The monoisotopic (exact) mass is 771 g/mol. The van der Waals surface area contributed by atoms with E-state index in [0.29, 0.717) is 60.3 Å². The van der Waals surface area contributed by atoms with Crippen molar-refractivity contribution in [3.05, 3.63) is 155 Å². The number of rotatable bonds is 6. The number of nitrogens with zero attached hydrogens (tertiary/aromatic N) is 4. The Labute approximate surface area is 317 Å². The number of H-pyrrole nitrogens is 1. The maximum Gasteiger partial charge on any atom is 0.256 e. The minimum Gasteiger partial charge on any atom is -0.356 e. The highest BCUT2D eigenvalue weighted by atomic mass is 19.2. The second-order valence-corrected chi connectivity index (χ2v) is 13.7. The lowest BCUT2D eigenvalue weighted by Gasteiger charge is -2.32. The summed E-state index contributed by atoms with van der Waals surface area (Å²) in [6.07, 6.45) is 4.71. The number of piperidine rings is 2. The number of hydrogen-bond acceptors (Lipinski definition) is 5. The van der Waals surface area contributed by atoms with E-state index in [2.05, 4.69) is 15.1 Å². The fourth-order valence-corrected chi connectivity index (χ4v) is 7.02. The largest absolute Gasteiger partial charge is 0.356 e. The van der Waals surface area contributed by atoms with Gasteiger partial charge in [0.15, 0.2) is 29.0 Å². The molecule has 2 atom stereocenters. The van der Waals surface area contributed by atoms with E-state index in [4.69, 9.17) is 4.52 Å². The number of carbonyl (C=O) groups is 2. The molecular weight excluding hydrogens is 736 g/mol. The van der Waals surface area contributed by atoms with Crippen LogP contribution in [-0.2, 0) is 0 Å². The van der Waals surface area contributed by atoms with Gasteiger partial charge in [-0.2, -0.15) is 0 Å². The molecule has 0 spiro atoms. The molecular formula is C42H35F6N5O3. The van der Waals surface area contributed by atoms with Crippen molar-refractivity contribution in [2.45, 2.75) is 37.5 Å². The van der Waals surface area contributed by atoms with Crippen molar-refractivity contribution in [2.24, 2.45) is 0 Å². The number of aromatic amines is 1. The Bertz CT molecular complexity index is 2200. The van der Waals surface area contributed by atoms with Crippen LogP contribution in [-0.4, -0.2) is 62.9 Å². The Kier molecular flexibility index (Phi) is 11.3. The van der Waals surface area contributed by atoms with Crippen molar-refractivity contribution in [3.8, 4) is 22.6 Å². The number of hydrogen-bond donors (Lipinski definition) is 1. The zero-order valence-corrected chi connectivity index (χ0v) is 29.8. The fraction of sp³-hybridized carbons (Fsp3) is 0.238. The second-order valence-electron chi connectivity index (χ2n) is 13.7. The van der Waals surface area contributed by atoms with Crippen molar-refractivity contribution in [1.82, 2.24) is 24.9 Å². The van der Waals surface area contributed by atoms with Crippen LogP contribution < -0.4 is 0 Å². The van der Waals surface area contributed by atoms with Crippen LogP contribution in [0.5, 0.6) is 0 Å². The first-order valence-electron chi connectivity index (χ1n) is 18.1. The fourth-order valence-electron chi connectivity index (χ4n) is 7.02. The summed E-state index contributed by atoms with van der Waals surface area (Å²) in [6, 6.07) is 20.7. The molecule has 2 aliphatic heterocycles. The van der Waals surface area contributed by atoms with Gasteiger partial charge in [-0.3, -0.25) is 9.59 Å². The Morgan fingerprint density at radius 3 is 1.75 bits per heavy atom. The summed E-state index contributed by atoms with van der Waals surface area (Å²) in [5.41, 5.74) is 2.19. The number of nitrogens with one attached hydrogen (secondary N) is 1. The second kappa shape index (κ2) is 16.7. The summed E-state index contributed by atoms with van der Waals surface area (Å²) in [7, 11) is 0. The van der Waals surface area contributed by atoms with Gasteiger partial charge in [-0.05, 0) is 86.3 Å². The molecule has 2 aliphatic rings. The van der Waals surface area contributed by atoms with Gasteiger partial charge >= 0.3 is 0 Å². The van der Waals surface area contributed by atoms with Crippen molar-refractivity contribution >= 4 is 11.8 Å². The Hall–Kier alpha value is -6.18. The molecule has 4 heterocycles. The average Bonchev–Trinajstić information content (AvgIpc) is 3.92. The van der Waals surface area contributed by atoms with Crippen LogP contribution in [0.1, 0.15) is 69.8 Å². The normalized spacial score (nSPS) is 17.0. The van der Waals surface area contributed by atoms with Gasteiger partial charge in [-0.25, -0.2) is 31.3 Å². The van der Waals surface area contributed by atoms with E-state index in [-0.39, 0.29) is 34.8 Å². The molecule has 0 aliphatic carbocycles. The Morgan fingerprint density at radius 1 is 0.625 bits per heavy atom. The van der Waals surface area contributed by atoms with E-state index >= 15 is 0 Å². The third-order valence-corrected chi connectivity index (χ3v) is 9.99. The predicted octanol–water partition coefficient (Wildman–Crippen LogP) is 9.29. The first-order valence-corrected chi connectivity index (χ1v) is 18.1. The first-order chi connectivity index (χ1) is 27.0. The number of amides is 2. The molecule has 8 nitrogen and oxygen atoms in total. The summed E-state index contributed by atoms with van der Waals surface area (Å²) in [5.74, 6) is -4.61. The molecule has 6 aromatic rings. The maximum atomic E-state index is 13.9. The summed E-state index contributed by atoms with van der Waals surface area (Å²) >= 11 is 0. The first kappa shape index (κ1) is 38.1. The lowest BCUT2D eigenvalue weighted by Crippen LogP contribution is -2.39. The topological polar surface area (TPSA) is 95.3 Å². The van der Waals surface area contributed by atoms with Gasteiger partial charge in [-0.1, -0.05) is 29.4 Å². The quantitative estimate of drug-likeness (QED) is 0.171. The molecule has 2 saturated heterocycles. The van der Waals surface area contributed by atoms with E-state index in [9.17, 15) is 35.9 Å².